The first-order valence-corrected chi connectivity index (χ1v) is 9.62. The van der Waals surface area contributed by atoms with Crippen molar-refractivity contribution >= 4 is 23.4 Å². The van der Waals surface area contributed by atoms with E-state index in [2.05, 4.69) is 15.5 Å². The molecule has 146 valence electrons. The van der Waals surface area contributed by atoms with Crippen LogP contribution in [0.3, 0.4) is 0 Å². The summed E-state index contributed by atoms with van der Waals surface area (Å²) in [7, 11) is 1.59. The van der Waals surface area contributed by atoms with E-state index >= 15 is 0 Å². The first-order chi connectivity index (χ1) is 13.5. The van der Waals surface area contributed by atoms with Crippen molar-refractivity contribution in [1.82, 2.24) is 10.2 Å². The van der Waals surface area contributed by atoms with Crippen molar-refractivity contribution in [3.63, 3.8) is 0 Å². The molecule has 1 N–H and O–H groups in total. The van der Waals surface area contributed by atoms with Gasteiger partial charge in [0, 0.05) is 11.8 Å². The number of thioether (sulfide) groups is 1. The second-order valence-corrected chi connectivity index (χ2v) is 6.96. The predicted molar refractivity (Wildman–Crippen MR) is 107 cm³/mol. The number of carbonyl (C=O) groups excluding carboxylic acids is 1. The number of nitrogens with zero attached hydrogens (tertiary/aromatic N) is 2. The number of hydrogen-bond donors (Lipinski definition) is 1. The molecular formula is C20H21N3O4S. The summed E-state index contributed by atoms with van der Waals surface area (Å²) < 4.78 is 16.3. The molecule has 0 atom stereocenters. The Balaban J connectivity index is 1.49. The lowest BCUT2D eigenvalue weighted by Crippen LogP contribution is -2.15. The molecule has 0 radical (unpaired) electrons. The number of anilines is 1. The summed E-state index contributed by atoms with van der Waals surface area (Å²) in [4.78, 5) is 12.2. The fraction of sp³-hybridized carbons (Fsp3) is 0.250. The first-order valence-electron chi connectivity index (χ1n) is 8.63. The van der Waals surface area contributed by atoms with Gasteiger partial charge in [0.1, 0.15) is 11.5 Å². The molecule has 1 aromatic heterocycles. The van der Waals surface area contributed by atoms with E-state index in [4.69, 9.17) is 13.9 Å². The number of nitrogens with one attached hydrogen (secondary N) is 1. The zero-order valence-electron chi connectivity index (χ0n) is 15.9. The van der Waals surface area contributed by atoms with Crippen LogP contribution in [0.15, 0.2) is 52.1 Å². The summed E-state index contributed by atoms with van der Waals surface area (Å²) in [6, 6.07) is 13.1. The average molecular weight is 399 g/mol. The van der Waals surface area contributed by atoms with Gasteiger partial charge in [-0.05, 0) is 37.1 Å². The van der Waals surface area contributed by atoms with Gasteiger partial charge >= 0.3 is 0 Å². The van der Waals surface area contributed by atoms with Crippen molar-refractivity contribution in [2.24, 2.45) is 0 Å². The molecule has 8 heteroatoms. The maximum absolute atomic E-state index is 12.2. The van der Waals surface area contributed by atoms with Crippen LogP contribution >= 0.6 is 11.8 Å². The third-order valence-corrected chi connectivity index (χ3v) is 4.74. The van der Waals surface area contributed by atoms with Crippen LogP contribution in [0.5, 0.6) is 11.5 Å². The van der Waals surface area contributed by atoms with Crippen LogP contribution in [0.4, 0.5) is 5.69 Å². The van der Waals surface area contributed by atoms with Crippen molar-refractivity contribution in [2.45, 2.75) is 25.7 Å². The molecule has 2 aromatic carbocycles. The van der Waals surface area contributed by atoms with E-state index < -0.39 is 0 Å². The third kappa shape index (κ3) is 5.26. The SMILES string of the molecule is COc1cccc(OCc2nnc(SCC(=O)Nc3c(C)cccc3C)o2)c1. The number of methoxy groups -OCH3 is 1. The number of amides is 1. The highest BCUT2D eigenvalue weighted by atomic mass is 32.2. The van der Waals surface area contributed by atoms with E-state index in [1.807, 2.05) is 50.2 Å². The van der Waals surface area contributed by atoms with Crippen LogP contribution in [0.25, 0.3) is 0 Å². The van der Waals surface area contributed by atoms with Gasteiger partial charge in [0.2, 0.25) is 5.91 Å². The minimum absolute atomic E-state index is 0.130. The molecule has 28 heavy (non-hydrogen) atoms. The normalized spacial score (nSPS) is 10.5. The van der Waals surface area contributed by atoms with E-state index in [-0.39, 0.29) is 18.3 Å². The molecule has 0 bridgehead atoms. The zero-order valence-corrected chi connectivity index (χ0v) is 16.7. The molecule has 0 aliphatic carbocycles. The highest BCUT2D eigenvalue weighted by molar-refractivity contribution is 7.99. The lowest BCUT2D eigenvalue weighted by molar-refractivity contribution is -0.113. The molecular weight excluding hydrogens is 378 g/mol. The van der Waals surface area contributed by atoms with Gasteiger partial charge in [0.15, 0.2) is 6.61 Å². The van der Waals surface area contributed by atoms with Gasteiger partial charge in [-0.2, -0.15) is 0 Å². The molecule has 3 rings (SSSR count). The molecule has 0 aliphatic rings. The Morgan fingerprint density at radius 3 is 2.57 bits per heavy atom. The Bertz CT molecular complexity index is 938. The van der Waals surface area contributed by atoms with Crippen LogP contribution in [0.1, 0.15) is 17.0 Å². The van der Waals surface area contributed by atoms with Gasteiger partial charge in [-0.1, -0.05) is 36.0 Å². The molecule has 0 aliphatic heterocycles. The van der Waals surface area contributed by atoms with E-state index in [0.29, 0.717) is 22.6 Å². The first kappa shape index (κ1) is 19.8. The second kappa shape index (κ2) is 9.27. The predicted octanol–water partition coefficient (Wildman–Crippen LogP) is 4.00. The second-order valence-electron chi connectivity index (χ2n) is 6.03. The summed E-state index contributed by atoms with van der Waals surface area (Å²) in [5.41, 5.74) is 2.88. The molecule has 1 heterocycles. The van der Waals surface area contributed by atoms with E-state index in [0.717, 1.165) is 16.8 Å². The minimum Gasteiger partial charge on any atom is -0.497 e. The summed E-state index contributed by atoms with van der Waals surface area (Å²) in [5, 5.41) is 11.1. The summed E-state index contributed by atoms with van der Waals surface area (Å²) in [6.07, 6.45) is 0. The molecule has 7 nitrogen and oxygen atoms in total. The van der Waals surface area contributed by atoms with Crippen molar-refractivity contribution in [1.29, 1.82) is 0 Å². The van der Waals surface area contributed by atoms with E-state index in [1.165, 1.54) is 11.8 Å². The molecule has 0 unspecified atom stereocenters. The van der Waals surface area contributed by atoms with Gasteiger partial charge in [-0.25, -0.2) is 0 Å². The largest absolute Gasteiger partial charge is 0.497 e. The van der Waals surface area contributed by atoms with E-state index in [1.54, 1.807) is 13.2 Å². The van der Waals surface area contributed by atoms with E-state index in [9.17, 15) is 4.79 Å². The van der Waals surface area contributed by atoms with Crippen LogP contribution < -0.4 is 14.8 Å². The quantitative estimate of drug-likeness (QED) is 0.573. The number of benzene rings is 2. The minimum atomic E-state index is -0.130. The summed E-state index contributed by atoms with van der Waals surface area (Å²) in [5.74, 6) is 1.72. The standard InChI is InChI=1S/C20H21N3O4S/c1-13-6-4-7-14(2)19(13)21-17(24)12-28-20-23-22-18(27-20)11-26-16-9-5-8-15(10-16)25-3/h4-10H,11-12H2,1-3H3,(H,21,24). The van der Waals surface area contributed by atoms with Gasteiger partial charge in [-0.15, -0.1) is 10.2 Å². The fourth-order valence-corrected chi connectivity index (χ4v) is 3.09. The van der Waals surface area contributed by atoms with Crippen molar-refractivity contribution in [3.05, 3.63) is 59.5 Å². The fourth-order valence-electron chi connectivity index (χ4n) is 2.51. The zero-order chi connectivity index (χ0) is 19.9. The number of aryl methyl sites for hydroxylation is 2. The Kier molecular flexibility index (Phi) is 6.54. The number of ether oxygens (including phenoxy) is 2. The molecule has 0 saturated carbocycles. The molecule has 1 amide bonds. The number of carbonyl (C=O) groups is 1. The van der Waals surface area contributed by atoms with Crippen LogP contribution in [0.2, 0.25) is 0 Å². The Morgan fingerprint density at radius 2 is 1.82 bits per heavy atom. The maximum Gasteiger partial charge on any atom is 0.277 e. The van der Waals surface area contributed by atoms with Crippen LogP contribution in [-0.4, -0.2) is 29.0 Å². The third-order valence-electron chi connectivity index (χ3n) is 3.92. The molecule has 0 saturated heterocycles. The maximum atomic E-state index is 12.2. The Hall–Kier alpha value is -3.00. The molecule has 0 fully saturated rings. The number of aromatic nitrogens is 2. The van der Waals surface area contributed by atoms with Crippen molar-refractivity contribution in [3.8, 4) is 11.5 Å². The van der Waals surface area contributed by atoms with Crippen LogP contribution in [-0.2, 0) is 11.4 Å². The van der Waals surface area contributed by atoms with Gasteiger partial charge in [-0.3, -0.25) is 4.79 Å². The number of hydrogen-bond acceptors (Lipinski definition) is 7. The Morgan fingerprint density at radius 1 is 1.11 bits per heavy atom. The monoisotopic (exact) mass is 399 g/mol. The highest BCUT2D eigenvalue weighted by Gasteiger charge is 2.12. The smallest absolute Gasteiger partial charge is 0.277 e. The van der Waals surface area contributed by atoms with Crippen LogP contribution in [0, 0.1) is 13.8 Å². The van der Waals surface area contributed by atoms with Gasteiger partial charge in [0.05, 0.1) is 12.9 Å². The average Bonchev–Trinajstić information content (AvgIpc) is 3.16. The number of rotatable bonds is 8. The topological polar surface area (TPSA) is 86.5 Å². The summed E-state index contributed by atoms with van der Waals surface area (Å²) in [6.45, 7) is 4.06. The lowest BCUT2D eigenvalue weighted by atomic mass is 10.1. The van der Waals surface area contributed by atoms with Crippen molar-refractivity contribution in [2.75, 3.05) is 18.2 Å². The lowest BCUT2D eigenvalue weighted by Gasteiger charge is -2.10. The Labute approximate surface area is 167 Å². The molecule has 3 aromatic rings. The van der Waals surface area contributed by atoms with Gasteiger partial charge in [0.25, 0.3) is 11.1 Å². The molecule has 0 spiro atoms. The van der Waals surface area contributed by atoms with Gasteiger partial charge < -0.3 is 19.2 Å². The summed E-state index contributed by atoms with van der Waals surface area (Å²) >= 11 is 1.18. The highest BCUT2D eigenvalue weighted by Crippen LogP contribution is 2.22. The van der Waals surface area contributed by atoms with Crippen molar-refractivity contribution < 1.29 is 18.7 Å². The number of para-hydroxylation sites is 1.